The highest BCUT2D eigenvalue weighted by Gasteiger charge is 2.29. The number of carbonyl (C=O) groups is 1. The number of methoxy groups -OCH3 is 1. The van der Waals surface area contributed by atoms with Crippen LogP contribution in [0.3, 0.4) is 0 Å². The highest BCUT2D eigenvalue weighted by molar-refractivity contribution is 5.80. The van der Waals surface area contributed by atoms with Crippen molar-refractivity contribution in [2.45, 2.75) is 25.2 Å². The third kappa shape index (κ3) is 4.35. The topological polar surface area (TPSA) is 38.3 Å². The molecule has 2 aromatic carbocycles. The predicted octanol–water partition coefficient (Wildman–Crippen LogP) is 3.55. The van der Waals surface area contributed by atoms with E-state index in [0.717, 1.165) is 25.0 Å². The number of rotatable bonds is 7. The number of hydrogen-bond acceptors (Lipinski definition) is 2. The van der Waals surface area contributed by atoms with E-state index in [1.165, 1.54) is 11.1 Å². The average Bonchev–Trinajstić information content (AvgIpc) is 3.45. The summed E-state index contributed by atoms with van der Waals surface area (Å²) in [4.78, 5) is 11.9. The fourth-order valence-electron chi connectivity index (χ4n) is 2.79. The maximum absolute atomic E-state index is 11.9. The number of amides is 1. The smallest absolute Gasteiger partial charge is 0.223 e. The Morgan fingerprint density at radius 1 is 1.13 bits per heavy atom. The van der Waals surface area contributed by atoms with Crippen LogP contribution in [0.15, 0.2) is 54.6 Å². The van der Waals surface area contributed by atoms with E-state index in [0.29, 0.717) is 6.54 Å². The van der Waals surface area contributed by atoms with Crippen molar-refractivity contribution in [1.29, 1.82) is 0 Å². The standard InChI is InChI=1S/C20H23NO2/c1-23-19-11-7-15(8-12-19)13-18(16-5-3-2-4-6-16)14-21-20(22)17-9-10-17/h2-8,11-12,17-18H,9-10,13-14H2,1H3,(H,21,22). The van der Waals surface area contributed by atoms with E-state index in [4.69, 9.17) is 4.74 Å². The number of benzene rings is 2. The van der Waals surface area contributed by atoms with E-state index >= 15 is 0 Å². The Bertz CT molecular complexity index is 632. The third-order valence-electron chi connectivity index (χ3n) is 4.38. The van der Waals surface area contributed by atoms with Gasteiger partial charge in [0.2, 0.25) is 5.91 Å². The SMILES string of the molecule is COc1ccc(CC(CNC(=O)C2CC2)c2ccccc2)cc1. The van der Waals surface area contributed by atoms with Crippen molar-refractivity contribution >= 4 is 5.91 Å². The van der Waals surface area contributed by atoms with Gasteiger partial charge in [-0.25, -0.2) is 0 Å². The summed E-state index contributed by atoms with van der Waals surface area (Å²) >= 11 is 0. The van der Waals surface area contributed by atoms with Gasteiger partial charge in [-0.15, -0.1) is 0 Å². The number of nitrogens with one attached hydrogen (secondary N) is 1. The summed E-state index contributed by atoms with van der Waals surface area (Å²) in [5, 5.41) is 3.12. The molecular weight excluding hydrogens is 286 g/mol. The normalized spacial score (nSPS) is 15.0. The lowest BCUT2D eigenvalue weighted by Crippen LogP contribution is -2.30. The molecule has 1 N–H and O–H groups in total. The molecule has 0 heterocycles. The lowest BCUT2D eigenvalue weighted by Gasteiger charge is -2.18. The van der Waals surface area contributed by atoms with Crippen LogP contribution < -0.4 is 10.1 Å². The summed E-state index contributed by atoms with van der Waals surface area (Å²) in [6, 6.07) is 18.6. The van der Waals surface area contributed by atoms with Gasteiger partial charge in [0, 0.05) is 18.4 Å². The Morgan fingerprint density at radius 2 is 1.83 bits per heavy atom. The number of hydrogen-bond donors (Lipinski definition) is 1. The van der Waals surface area contributed by atoms with E-state index in [9.17, 15) is 4.79 Å². The molecule has 3 nitrogen and oxygen atoms in total. The van der Waals surface area contributed by atoms with Gasteiger partial charge in [-0.05, 0) is 42.5 Å². The second kappa shape index (κ2) is 7.32. The van der Waals surface area contributed by atoms with Crippen LogP contribution in [0.2, 0.25) is 0 Å². The molecule has 1 fully saturated rings. The van der Waals surface area contributed by atoms with Crippen molar-refractivity contribution in [3.63, 3.8) is 0 Å². The molecule has 1 unspecified atom stereocenters. The second-order valence-electron chi connectivity index (χ2n) is 6.18. The summed E-state index contributed by atoms with van der Waals surface area (Å²) in [5.41, 5.74) is 2.51. The minimum Gasteiger partial charge on any atom is -0.497 e. The van der Waals surface area contributed by atoms with Gasteiger partial charge in [0.25, 0.3) is 0 Å². The molecule has 120 valence electrons. The minimum absolute atomic E-state index is 0.209. The maximum Gasteiger partial charge on any atom is 0.223 e. The predicted molar refractivity (Wildman–Crippen MR) is 91.6 cm³/mol. The summed E-state index contributed by atoms with van der Waals surface area (Å²) in [7, 11) is 1.68. The van der Waals surface area contributed by atoms with Crippen LogP contribution in [0.25, 0.3) is 0 Å². The zero-order valence-electron chi connectivity index (χ0n) is 13.5. The molecule has 0 bridgehead atoms. The van der Waals surface area contributed by atoms with Gasteiger partial charge in [-0.3, -0.25) is 4.79 Å². The molecule has 0 aromatic heterocycles. The van der Waals surface area contributed by atoms with E-state index in [1.807, 2.05) is 18.2 Å². The fourth-order valence-corrected chi connectivity index (χ4v) is 2.79. The number of ether oxygens (including phenoxy) is 1. The monoisotopic (exact) mass is 309 g/mol. The van der Waals surface area contributed by atoms with Crippen LogP contribution >= 0.6 is 0 Å². The van der Waals surface area contributed by atoms with Crippen molar-refractivity contribution in [3.8, 4) is 5.75 Å². The lowest BCUT2D eigenvalue weighted by atomic mass is 9.92. The lowest BCUT2D eigenvalue weighted by molar-refractivity contribution is -0.122. The van der Waals surface area contributed by atoms with Crippen LogP contribution in [0, 0.1) is 5.92 Å². The average molecular weight is 309 g/mol. The fraction of sp³-hybridized carbons (Fsp3) is 0.350. The first kappa shape index (κ1) is 15.6. The van der Waals surface area contributed by atoms with Crippen LogP contribution in [0.5, 0.6) is 5.75 Å². The van der Waals surface area contributed by atoms with Gasteiger partial charge in [-0.1, -0.05) is 42.5 Å². The molecule has 0 saturated heterocycles. The summed E-state index contributed by atoms with van der Waals surface area (Å²) in [5.74, 6) is 1.62. The Labute approximate surface area is 137 Å². The van der Waals surface area contributed by atoms with Gasteiger partial charge in [0.15, 0.2) is 0 Å². The summed E-state index contributed by atoms with van der Waals surface area (Å²) in [6.45, 7) is 0.686. The van der Waals surface area contributed by atoms with Gasteiger partial charge in [0.1, 0.15) is 5.75 Å². The number of carbonyl (C=O) groups excluding carboxylic acids is 1. The summed E-state index contributed by atoms with van der Waals surface area (Å²) < 4.78 is 5.21. The maximum atomic E-state index is 11.9. The highest BCUT2D eigenvalue weighted by atomic mass is 16.5. The quantitative estimate of drug-likeness (QED) is 0.849. The largest absolute Gasteiger partial charge is 0.497 e. The Hall–Kier alpha value is -2.29. The molecule has 3 heteroatoms. The molecular formula is C20H23NO2. The van der Waals surface area contributed by atoms with E-state index < -0.39 is 0 Å². The molecule has 1 atom stereocenters. The molecule has 1 saturated carbocycles. The first-order valence-electron chi connectivity index (χ1n) is 8.22. The minimum atomic E-state index is 0.209. The first-order valence-corrected chi connectivity index (χ1v) is 8.22. The molecule has 3 rings (SSSR count). The van der Waals surface area contributed by atoms with Crippen molar-refractivity contribution in [1.82, 2.24) is 5.32 Å². The van der Waals surface area contributed by atoms with Crippen LogP contribution in [0.4, 0.5) is 0 Å². The Morgan fingerprint density at radius 3 is 2.43 bits per heavy atom. The third-order valence-corrected chi connectivity index (χ3v) is 4.38. The molecule has 0 spiro atoms. The molecule has 2 aromatic rings. The highest BCUT2D eigenvalue weighted by Crippen LogP contribution is 2.29. The van der Waals surface area contributed by atoms with Crippen molar-refractivity contribution in [3.05, 3.63) is 65.7 Å². The molecule has 1 aliphatic carbocycles. The van der Waals surface area contributed by atoms with Crippen LogP contribution in [-0.4, -0.2) is 19.6 Å². The van der Waals surface area contributed by atoms with Gasteiger partial charge < -0.3 is 10.1 Å². The van der Waals surface area contributed by atoms with Crippen molar-refractivity contribution < 1.29 is 9.53 Å². The van der Waals surface area contributed by atoms with E-state index in [-0.39, 0.29) is 17.7 Å². The van der Waals surface area contributed by atoms with Crippen LogP contribution in [-0.2, 0) is 11.2 Å². The van der Waals surface area contributed by atoms with Crippen molar-refractivity contribution in [2.24, 2.45) is 5.92 Å². The zero-order valence-corrected chi connectivity index (χ0v) is 13.5. The molecule has 0 aliphatic heterocycles. The van der Waals surface area contributed by atoms with Crippen LogP contribution in [0.1, 0.15) is 29.9 Å². The van der Waals surface area contributed by atoms with E-state index in [2.05, 4.69) is 41.7 Å². The Balaban J connectivity index is 1.69. The zero-order chi connectivity index (χ0) is 16.1. The molecule has 0 radical (unpaired) electrons. The van der Waals surface area contributed by atoms with Gasteiger partial charge in [-0.2, -0.15) is 0 Å². The van der Waals surface area contributed by atoms with Crippen molar-refractivity contribution in [2.75, 3.05) is 13.7 Å². The summed E-state index contributed by atoms with van der Waals surface area (Å²) in [6.07, 6.45) is 2.99. The molecule has 1 aliphatic rings. The Kier molecular flexibility index (Phi) is 4.96. The second-order valence-corrected chi connectivity index (χ2v) is 6.18. The first-order chi connectivity index (χ1) is 11.3. The molecule has 1 amide bonds. The van der Waals surface area contributed by atoms with E-state index in [1.54, 1.807) is 7.11 Å². The molecule has 23 heavy (non-hydrogen) atoms. The van der Waals surface area contributed by atoms with Gasteiger partial charge in [0.05, 0.1) is 7.11 Å². The van der Waals surface area contributed by atoms with Gasteiger partial charge >= 0.3 is 0 Å².